The van der Waals surface area contributed by atoms with Crippen LogP contribution in [0.3, 0.4) is 0 Å². The molecule has 5 aromatic rings. The molecule has 42 heavy (non-hydrogen) atoms. The third-order valence-electron chi connectivity index (χ3n) is 7.00. The lowest BCUT2D eigenvalue weighted by Gasteiger charge is -2.17. The number of benzene rings is 4. The first-order valence-electron chi connectivity index (χ1n) is 13.3. The molecule has 0 spiro atoms. The molecule has 0 aliphatic heterocycles. The van der Waals surface area contributed by atoms with E-state index in [1.54, 1.807) is 44.3 Å². The molecule has 0 saturated heterocycles. The van der Waals surface area contributed by atoms with Crippen molar-refractivity contribution < 1.29 is 17.9 Å². The van der Waals surface area contributed by atoms with E-state index in [0.29, 0.717) is 39.6 Å². The van der Waals surface area contributed by atoms with Gasteiger partial charge in [-0.1, -0.05) is 66.7 Å². The van der Waals surface area contributed by atoms with Crippen molar-refractivity contribution in [3.63, 3.8) is 0 Å². The molecular weight excluding hydrogens is 550 g/mol. The lowest BCUT2D eigenvalue weighted by atomic mass is 10.0. The van der Waals surface area contributed by atoms with Crippen LogP contribution in [0.4, 0.5) is 11.5 Å². The summed E-state index contributed by atoms with van der Waals surface area (Å²) >= 11 is 0. The highest BCUT2D eigenvalue weighted by atomic mass is 32.2. The van der Waals surface area contributed by atoms with Crippen molar-refractivity contribution in [2.45, 2.75) is 24.8 Å². The number of anilines is 2. The van der Waals surface area contributed by atoms with Crippen LogP contribution in [0.1, 0.15) is 34.5 Å². The van der Waals surface area contributed by atoms with Gasteiger partial charge in [-0.25, -0.2) is 13.1 Å². The quantitative estimate of drug-likeness (QED) is 0.202. The Morgan fingerprint density at radius 3 is 2.31 bits per heavy atom. The second-order valence-electron chi connectivity index (χ2n) is 9.80. The van der Waals surface area contributed by atoms with Crippen LogP contribution in [-0.4, -0.2) is 38.7 Å². The van der Waals surface area contributed by atoms with E-state index in [9.17, 15) is 13.2 Å². The molecule has 1 aromatic heterocycles. The number of sulfonamides is 1. The Bertz CT molecular complexity index is 1880. The predicted octanol–water partition coefficient (Wildman–Crippen LogP) is 5.76. The highest BCUT2D eigenvalue weighted by Crippen LogP contribution is 2.34. The van der Waals surface area contributed by atoms with Crippen LogP contribution in [-0.2, 0) is 10.0 Å². The van der Waals surface area contributed by atoms with E-state index >= 15 is 0 Å². The van der Waals surface area contributed by atoms with E-state index in [0.717, 1.165) is 16.3 Å². The summed E-state index contributed by atoms with van der Waals surface area (Å²) in [7, 11) is -0.779. The normalized spacial score (nSPS) is 12.1. The van der Waals surface area contributed by atoms with Crippen molar-refractivity contribution in [3.05, 3.63) is 108 Å². The topological polar surface area (TPSA) is 122 Å². The Labute approximate surface area is 245 Å². The van der Waals surface area contributed by atoms with Gasteiger partial charge in [0.2, 0.25) is 10.0 Å². The first-order valence-corrected chi connectivity index (χ1v) is 14.8. The van der Waals surface area contributed by atoms with Gasteiger partial charge >= 0.3 is 0 Å². The Balaban J connectivity index is 1.51. The molecule has 214 valence electrons. The number of carbonyl (C=O) groups excluding carboxylic acids is 1. The summed E-state index contributed by atoms with van der Waals surface area (Å²) in [5.41, 5.74) is 3.66. The SMILES string of the molecule is CNC(=O)c1cc(Nc2nnc(-c3ccc(C)c(S(=O)(=O)NC(C)c4ccccc4)c3)c3ccccc23)ccc1OC. The number of aromatic nitrogens is 2. The number of hydrogen-bond donors (Lipinski definition) is 3. The predicted molar refractivity (Wildman–Crippen MR) is 165 cm³/mol. The van der Waals surface area contributed by atoms with E-state index < -0.39 is 16.1 Å². The highest BCUT2D eigenvalue weighted by molar-refractivity contribution is 7.89. The second-order valence-corrected chi connectivity index (χ2v) is 11.5. The van der Waals surface area contributed by atoms with Crippen molar-refractivity contribution in [2.75, 3.05) is 19.5 Å². The van der Waals surface area contributed by atoms with Gasteiger partial charge in [-0.2, -0.15) is 0 Å². The van der Waals surface area contributed by atoms with E-state index in [-0.39, 0.29) is 10.8 Å². The molecule has 0 radical (unpaired) electrons. The summed E-state index contributed by atoms with van der Waals surface area (Å²) in [6, 6.07) is 27.1. The van der Waals surface area contributed by atoms with Gasteiger partial charge in [0.25, 0.3) is 5.91 Å². The minimum Gasteiger partial charge on any atom is -0.496 e. The van der Waals surface area contributed by atoms with E-state index in [1.165, 1.54) is 7.11 Å². The molecular formula is C32H31N5O4S. The largest absolute Gasteiger partial charge is 0.496 e. The van der Waals surface area contributed by atoms with Crippen LogP contribution >= 0.6 is 0 Å². The Morgan fingerprint density at radius 2 is 1.60 bits per heavy atom. The average molecular weight is 582 g/mol. The van der Waals surface area contributed by atoms with Gasteiger partial charge in [-0.3, -0.25) is 4.79 Å². The first kappa shape index (κ1) is 28.7. The average Bonchev–Trinajstić information content (AvgIpc) is 3.01. The summed E-state index contributed by atoms with van der Waals surface area (Å²) in [5.74, 6) is 0.657. The number of fused-ring (bicyclic) bond motifs is 1. The molecule has 5 rings (SSSR count). The number of hydrogen-bond acceptors (Lipinski definition) is 7. The molecule has 10 heteroatoms. The molecule has 4 aromatic carbocycles. The number of rotatable bonds is 9. The number of nitrogens with zero attached hydrogens (tertiary/aromatic N) is 2. The third kappa shape index (κ3) is 5.81. The van der Waals surface area contributed by atoms with Gasteiger partial charge in [0.05, 0.1) is 17.6 Å². The molecule has 0 bridgehead atoms. The molecule has 1 atom stereocenters. The summed E-state index contributed by atoms with van der Waals surface area (Å²) in [4.78, 5) is 12.5. The van der Waals surface area contributed by atoms with Crippen LogP contribution in [0.15, 0.2) is 95.9 Å². The number of amides is 1. The highest BCUT2D eigenvalue weighted by Gasteiger charge is 2.22. The lowest BCUT2D eigenvalue weighted by Crippen LogP contribution is -2.27. The zero-order chi connectivity index (χ0) is 29.9. The monoisotopic (exact) mass is 581 g/mol. The summed E-state index contributed by atoms with van der Waals surface area (Å²) in [6.45, 7) is 3.58. The molecule has 0 fully saturated rings. The zero-order valence-electron chi connectivity index (χ0n) is 23.7. The molecule has 0 aliphatic carbocycles. The standard InChI is InChI=1S/C32H31N5O4S/c1-20-14-15-23(18-29(20)42(39,40)37-21(2)22-10-6-5-7-11-22)30-25-12-8-9-13-26(25)31(36-35-30)34-24-16-17-28(41-4)27(19-24)32(38)33-3/h5-19,21,37H,1-4H3,(H,33,38)(H,34,36). The van der Waals surface area contributed by atoms with Gasteiger partial charge in [0.1, 0.15) is 11.4 Å². The minimum absolute atomic E-state index is 0.177. The second kappa shape index (κ2) is 12.0. The van der Waals surface area contributed by atoms with Crippen molar-refractivity contribution in [3.8, 4) is 17.0 Å². The third-order valence-corrected chi connectivity index (χ3v) is 8.69. The number of nitrogens with one attached hydrogen (secondary N) is 3. The Morgan fingerprint density at radius 1 is 0.881 bits per heavy atom. The van der Waals surface area contributed by atoms with Crippen LogP contribution < -0.4 is 20.1 Å². The van der Waals surface area contributed by atoms with Gasteiger partial charge in [0, 0.05) is 35.1 Å². The van der Waals surface area contributed by atoms with Gasteiger partial charge in [0.15, 0.2) is 5.82 Å². The van der Waals surface area contributed by atoms with E-state index in [1.807, 2.05) is 67.6 Å². The maximum Gasteiger partial charge on any atom is 0.254 e. The molecule has 3 N–H and O–H groups in total. The Hall–Kier alpha value is -4.80. The zero-order valence-corrected chi connectivity index (χ0v) is 24.5. The van der Waals surface area contributed by atoms with Crippen LogP contribution in [0.2, 0.25) is 0 Å². The molecule has 1 amide bonds. The fourth-order valence-electron chi connectivity index (χ4n) is 4.79. The fourth-order valence-corrected chi connectivity index (χ4v) is 6.29. The van der Waals surface area contributed by atoms with Crippen molar-refractivity contribution in [1.29, 1.82) is 0 Å². The molecule has 0 aliphatic rings. The van der Waals surface area contributed by atoms with Gasteiger partial charge in [-0.05, 0) is 49.2 Å². The first-order chi connectivity index (χ1) is 20.2. The number of methoxy groups -OCH3 is 1. The molecule has 9 nitrogen and oxygen atoms in total. The van der Waals surface area contributed by atoms with Gasteiger partial charge in [-0.15, -0.1) is 10.2 Å². The van der Waals surface area contributed by atoms with Crippen LogP contribution in [0, 0.1) is 6.92 Å². The molecule has 1 heterocycles. The van der Waals surface area contributed by atoms with Crippen LogP contribution in [0.25, 0.3) is 22.0 Å². The Kier molecular flexibility index (Phi) is 8.19. The van der Waals surface area contributed by atoms with Crippen molar-refractivity contribution >= 4 is 38.2 Å². The maximum atomic E-state index is 13.5. The summed E-state index contributed by atoms with van der Waals surface area (Å²) in [6.07, 6.45) is 0. The van der Waals surface area contributed by atoms with E-state index in [4.69, 9.17) is 4.74 Å². The summed E-state index contributed by atoms with van der Waals surface area (Å²) in [5, 5.41) is 16.4. The van der Waals surface area contributed by atoms with Crippen molar-refractivity contribution in [2.24, 2.45) is 0 Å². The molecule has 1 unspecified atom stereocenters. The maximum absolute atomic E-state index is 13.5. The van der Waals surface area contributed by atoms with Crippen LogP contribution in [0.5, 0.6) is 5.75 Å². The number of carbonyl (C=O) groups is 1. The fraction of sp³-hybridized carbons (Fsp3) is 0.156. The van der Waals surface area contributed by atoms with Gasteiger partial charge < -0.3 is 15.4 Å². The molecule has 0 saturated carbocycles. The smallest absolute Gasteiger partial charge is 0.254 e. The van der Waals surface area contributed by atoms with E-state index in [2.05, 4.69) is 25.6 Å². The minimum atomic E-state index is -3.84. The lowest BCUT2D eigenvalue weighted by molar-refractivity contribution is 0.0960. The summed E-state index contributed by atoms with van der Waals surface area (Å²) < 4.78 is 35.1. The van der Waals surface area contributed by atoms with Crippen molar-refractivity contribution in [1.82, 2.24) is 20.2 Å². The number of aryl methyl sites for hydroxylation is 1. The number of ether oxygens (including phenoxy) is 1.